The summed E-state index contributed by atoms with van der Waals surface area (Å²) < 4.78 is 53.7. The Morgan fingerprint density at radius 2 is 1.88 bits per heavy atom. The Bertz CT molecular complexity index is 1330. The van der Waals surface area contributed by atoms with E-state index in [0.717, 1.165) is 41.9 Å². The molecule has 1 aliphatic carbocycles. The summed E-state index contributed by atoms with van der Waals surface area (Å²) in [6.45, 7) is 2.45. The van der Waals surface area contributed by atoms with Crippen LogP contribution in [0.5, 0.6) is 0 Å². The zero-order valence-electron chi connectivity index (χ0n) is 18.0. The van der Waals surface area contributed by atoms with Crippen LogP contribution in [0.3, 0.4) is 0 Å². The maximum absolute atomic E-state index is 14.0. The quantitative estimate of drug-likeness (QED) is 0.438. The highest BCUT2D eigenvalue weighted by Gasteiger charge is 2.60. The summed E-state index contributed by atoms with van der Waals surface area (Å²) in [5.41, 5.74) is -1.60. The van der Waals surface area contributed by atoms with Crippen LogP contribution in [0, 0.1) is 11.9 Å². The number of hydrogen-bond donors (Lipinski definition) is 1. The van der Waals surface area contributed by atoms with Gasteiger partial charge in [-0.05, 0) is 55.1 Å². The van der Waals surface area contributed by atoms with E-state index in [2.05, 4.69) is 20.0 Å². The molecule has 34 heavy (non-hydrogen) atoms. The molecule has 1 saturated heterocycles. The number of alkyl halides is 3. The molecule has 0 radical (unpaired) electrons. The van der Waals surface area contributed by atoms with Crippen molar-refractivity contribution in [2.75, 3.05) is 19.6 Å². The molecule has 1 saturated carbocycles. The Kier molecular flexibility index (Phi) is 5.38. The molecule has 0 bridgehead atoms. The lowest BCUT2D eigenvalue weighted by molar-refractivity contribution is -0.137. The number of nitrogens with zero attached hydrogens (tertiary/aromatic N) is 4. The second-order valence-corrected chi connectivity index (χ2v) is 8.89. The average Bonchev–Trinajstić information content (AvgIpc) is 3.37. The van der Waals surface area contributed by atoms with E-state index in [9.17, 15) is 27.2 Å². The van der Waals surface area contributed by atoms with Crippen LogP contribution in [0.4, 0.5) is 17.6 Å². The maximum atomic E-state index is 14.0. The van der Waals surface area contributed by atoms with Gasteiger partial charge in [0, 0.05) is 31.2 Å². The normalized spacial score (nSPS) is 22.1. The van der Waals surface area contributed by atoms with Crippen molar-refractivity contribution < 1.29 is 17.6 Å². The third kappa shape index (κ3) is 4.04. The van der Waals surface area contributed by atoms with Gasteiger partial charge in [0.05, 0.1) is 11.1 Å². The van der Waals surface area contributed by atoms with E-state index in [-0.39, 0.29) is 23.2 Å². The minimum absolute atomic E-state index is 0.0874. The van der Waals surface area contributed by atoms with E-state index in [1.807, 2.05) is 0 Å². The number of fused-ring (bicyclic) bond motifs is 1. The molecular weight excluding hydrogens is 454 g/mol. The Morgan fingerprint density at radius 1 is 1.12 bits per heavy atom. The average molecular weight is 475 g/mol. The second kappa shape index (κ2) is 8.15. The fourth-order valence-electron chi connectivity index (χ4n) is 4.96. The third-order valence-electron chi connectivity index (χ3n) is 6.75. The molecule has 1 N–H and O–H groups in total. The molecule has 1 aromatic carbocycles. The minimum atomic E-state index is -4.35. The lowest BCUT2D eigenvalue weighted by Crippen LogP contribution is -2.35. The minimum Gasteiger partial charge on any atom is -0.302 e. The largest absolute Gasteiger partial charge is 0.416 e. The Hall–Kier alpha value is -3.34. The summed E-state index contributed by atoms with van der Waals surface area (Å²) in [5.74, 6) is -0.450. The number of piperidine rings is 1. The predicted molar refractivity (Wildman–Crippen MR) is 115 cm³/mol. The summed E-state index contributed by atoms with van der Waals surface area (Å²) in [6, 6.07) is 8.27. The fourth-order valence-corrected chi connectivity index (χ4v) is 4.96. The first kappa shape index (κ1) is 22.5. The summed E-state index contributed by atoms with van der Waals surface area (Å²) in [6.07, 6.45) is -1.59. The standard InChI is InChI=1S/C23H21F4N5O2/c24-19-17(3-1-8-28-19)18-20(33)29-21(34)32(30-18)10-2-9-31-12-16-11-22(16,13-31)14-4-6-15(7-5-14)23(25,26)27/h1,3-8,16H,2,9-13H2,(H,29,33,34). The Labute approximate surface area is 191 Å². The highest BCUT2D eigenvalue weighted by atomic mass is 19.4. The number of hydrogen-bond acceptors (Lipinski definition) is 5. The lowest BCUT2D eigenvalue weighted by atomic mass is 9.94. The summed E-state index contributed by atoms with van der Waals surface area (Å²) in [7, 11) is 0. The number of aryl methyl sites for hydroxylation is 1. The predicted octanol–water partition coefficient (Wildman–Crippen LogP) is 2.82. The molecule has 0 amide bonds. The lowest BCUT2D eigenvalue weighted by Gasteiger charge is -2.21. The molecule has 2 aliphatic rings. The highest BCUT2D eigenvalue weighted by molar-refractivity contribution is 5.56. The summed E-state index contributed by atoms with van der Waals surface area (Å²) >= 11 is 0. The molecule has 2 unspecified atom stereocenters. The Balaban J connectivity index is 1.23. The van der Waals surface area contributed by atoms with Crippen LogP contribution in [0.25, 0.3) is 11.3 Å². The first-order valence-corrected chi connectivity index (χ1v) is 10.9. The monoisotopic (exact) mass is 475 g/mol. The number of H-pyrrole nitrogens is 1. The van der Waals surface area contributed by atoms with E-state index >= 15 is 0 Å². The zero-order chi connectivity index (χ0) is 24.1. The summed E-state index contributed by atoms with van der Waals surface area (Å²) in [4.78, 5) is 32.2. The van der Waals surface area contributed by atoms with Crippen molar-refractivity contribution in [3.63, 3.8) is 0 Å². The molecule has 5 rings (SSSR count). The Morgan fingerprint density at radius 3 is 2.59 bits per heavy atom. The van der Waals surface area contributed by atoms with Crippen LogP contribution in [0.2, 0.25) is 0 Å². The molecule has 0 spiro atoms. The van der Waals surface area contributed by atoms with Crippen LogP contribution in [-0.2, 0) is 18.1 Å². The molecule has 3 heterocycles. The van der Waals surface area contributed by atoms with Gasteiger partial charge in [-0.15, -0.1) is 0 Å². The van der Waals surface area contributed by atoms with Crippen molar-refractivity contribution >= 4 is 0 Å². The van der Waals surface area contributed by atoms with E-state index in [1.165, 1.54) is 18.3 Å². The number of aromatic nitrogens is 4. The summed E-state index contributed by atoms with van der Waals surface area (Å²) in [5, 5.41) is 4.05. The van der Waals surface area contributed by atoms with Crippen LogP contribution in [-0.4, -0.2) is 44.3 Å². The van der Waals surface area contributed by atoms with E-state index in [1.54, 1.807) is 12.1 Å². The first-order valence-electron chi connectivity index (χ1n) is 10.9. The number of aromatic amines is 1. The topological polar surface area (TPSA) is 83.9 Å². The number of rotatable bonds is 6. The first-order chi connectivity index (χ1) is 16.2. The van der Waals surface area contributed by atoms with Gasteiger partial charge < -0.3 is 4.90 Å². The number of nitrogens with one attached hydrogen (secondary N) is 1. The van der Waals surface area contributed by atoms with Gasteiger partial charge in [0.2, 0.25) is 5.95 Å². The number of likely N-dealkylation sites (tertiary alicyclic amines) is 1. The molecule has 2 aromatic heterocycles. The van der Waals surface area contributed by atoms with Gasteiger partial charge in [-0.1, -0.05) is 12.1 Å². The van der Waals surface area contributed by atoms with Gasteiger partial charge in [-0.2, -0.15) is 22.7 Å². The SMILES string of the molecule is O=c1[nH]c(=O)n(CCCN2CC3CC3(c3ccc(C(F)(F)F)cc3)C2)nc1-c1cccnc1F. The molecule has 1 aliphatic heterocycles. The number of benzene rings is 1. The van der Waals surface area contributed by atoms with Crippen LogP contribution in [0.15, 0.2) is 52.2 Å². The molecule has 178 valence electrons. The van der Waals surface area contributed by atoms with E-state index in [0.29, 0.717) is 18.9 Å². The van der Waals surface area contributed by atoms with Gasteiger partial charge in [0.25, 0.3) is 5.56 Å². The molecule has 7 nitrogen and oxygen atoms in total. The van der Waals surface area contributed by atoms with Crippen LogP contribution >= 0.6 is 0 Å². The fraction of sp³-hybridized carbons (Fsp3) is 0.391. The van der Waals surface area contributed by atoms with E-state index < -0.39 is 28.9 Å². The van der Waals surface area contributed by atoms with Crippen molar-refractivity contribution in [1.82, 2.24) is 24.6 Å². The van der Waals surface area contributed by atoms with Gasteiger partial charge >= 0.3 is 11.9 Å². The van der Waals surface area contributed by atoms with Crippen LogP contribution in [0.1, 0.15) is 24.0 Å². The highest BCUT2D eigenvalue weighted by Crippen LogP contribution is 2.59. The molecule has 2 fully saturated rings. The molecule has 11 heteroatoms. The van der Waals surface area contributed by atoms with Crippen LogP contribution < -0.4 is 11.2 Å². The van der Waals surface area contributed by atoms with Gasteiger partial charge in [0.15, 0.2) is 5.69 Å². The maximum Gasteiger partial charge on any atom is 0.416 e. The van der Waals surface area contributed by atoms with Gasteiger partial charge in [-0.3, -0.25) is 9.78 Å². The van der Waals surface area contributed by atoms with E-state index in [4.69, 9.17) is 0 Å². The van der Waals surface area contributed by atoms with Crippen molar-refractivity contribution in [3.8, 4) is 11.3 Å². The second-order valence-electron chi connectivity index (χ2n) is 8.89. The molecule has 3 aromatic rings. The molecular formula is C23H21F4N5O2. The zero-order valence-corrected chi connectivity index (χ0v) is 18.0. The van der Waals surface area contributed by atoms with Gasteiger partial charge in [0.1, 0.15) is 0 Å². The third-order valence-corrected chi connectivity index (χ3v) is 6.75. The van der Waals surface area contributed by atoms with Crippen molar-refractivity contribution in [2.24, 2.45) is 5.92 Å². The molecule has 2 atom stereocenters. The van der Waals surface area contributed by atoms with Crippen molar-refractivity contribution in [1.29, 1.82) is 0 Å². The number of pyridine rings is 1. The number of halogens is 4. The van der Waals surface area contributed by atoms with Crippen molar-refractivity contribution in [2.45, 2.75) is 31.0 Å². The smallest absolute Gasteiger partial charge is 0.302 e. The van der Waals surface area contributed by atoms with Crippen molar-refractivity contribution in [3.05, 3.63) is 80.5 Å². The van der Waals surface area contributed by atoms with Gasteiger partial charge in [-0.25, -0.2) is 14.5 Å².